The molecule has 2 rings (SSSR count). The van der Waals surface area contributed by atoms with E-state index in [1.807, 2.05) is 6.07 Å². The van der Waals surface area contributed by atoms with Crippen LogP contribution in [0.4, 0.5) is 0 Å². The maximum Gasteiger partial charge on any atom is 0.0937 e. The summed E-state index contributed by atoms with van der Waals surface area (Å²) in [5, 5.41) is 19.2. The summed E-state index contributed by atoms with van der Waals surface area (Å²) in [4.78, 5) is 3.94. The zero-order valence-corrected chi connectivity index (χ0v) is 7.78. The van der Waals surface area contributed by atoms with Crippen LogP contribution in [-0.2, 0) is 0 Å². The molecule has 0 aromatic carbocycles. The van der Waals surface area contributed by atoms with Gasteiger partial charge in [-0.3, -0.25) is 4.98 Å². The molecule has 5 nitrogen and oxygen atoms in total. The predicted molar refractivity (Wildman–Crippen MR) is 54.6 cm³/mol. The minimum absolute atomic E-state index is 0.695. The van der Waals surface area contributed by atoms with Crippen LogP contribution in [0, 0.1) is 0 Å². The number of rotatable bonds is 2. The van der Waals surface area contributed by atoms with Crippen molar-refractivity contribution >= 4 is 6.21 Å². The average molecular weight is 200 g/mol. The monoisotopic (exact) mass is 200 g/mol. The highest BCUT2D eigenvalue weighted by atomic mass is 16.4. The summed E-state index contributed by atoms with van der Waals surface area (Å²) in [5.41, 5.74) is 2.24. The minimum atomic E-state index is 0.695. The molecule has 2 aromatic rings. The van der Waals surface area contributed by atoms with Crippen LogP contribution < -0.4 is 0 Å². The van der Waals surface area contributed by atoms with E-state index in [-0.39, 0.29) is 0 Å². The number of oxime groups is 1. The topological polar surface area (TPSA) is 71.3 Å². The predicted octanol–water partition coefficient (Wildman–Crippen LogP) is 1.35. The second kappa shape index (κ2) is 4.28. The van der Waals surface area contributed by atoms with Crippen molar-refractivity contribution in [2.45, 2.75) is 0 Å². The van der Waals surface area contributed by atoms with E-state index in [0.29, 0.717) is 5.56 Å². The van der Waals surface area contributed by atoms with E-state index in [1.165, 1.54) is 6.21 Å². The second-order valence-corrected chi connectivity index (χ2v) is 2.82. The molecule has 0 fully saturated rings. The fourth-order valence-corrected chi connectivity index (χ4v) is 1.25. The van der Waals surface area contributed by atoms with Crippen LogP contribution in [0.2, 0.25) is 0 Å². The fourth-order valence-electron chi connectivity index (χ4n) is 1.25. The molecule has 0 radical (unpaired) electrons. The van der Waals surface area contributed by atoms with Gasteiger partial charge in [0.25, 0.3) is 0 Å². The Morgan fingerprint density at radius 3 is 2.93 bits per heavy atom. The molecule has 0 amide bonds. The molecule has 2 heterocycles. The minimum Gasteiger partial charge on any atom is -0.411 e. The number of pyridine rings is 1. The number of hydrogen-bond donors (Lipinski definition) is 1. The summed E-state index contributed by atoms with van der Waals surface area (Å²) < 4.78 is 0. The smallest absolute Gasteiger partial charge is 0.0937 e. The second-order valence-electron chi connectivity index (χ2n) is 2.82. The van der Waals surface area contributed by atoms with Crippen molar-refractivity contribution < 1.29 is 5.21 Å². The highest BCUT2D eigenvalue weighted by Gasteiger charge is 2.04. The lowest BCUT2D eigenvalue weighted by Crippen LogP contribution is -1.92. The van der Waals surface area contributed by atoms with E-state index in [9.17, 15) is 0 Å². The third kappa shape index (κ3) is 1.96. The Balaban J connectivity index is 2.53. The van der Waals surface area contributed by atoms with E-state index in [0.717, 1.165) is 11.3 Å². The lowest BCUT2D eigenvalue weighted by molar-refractivity contribution is 0.322. The zero-order valence-electron chi connectivity index (χ0n) is 7.78. The van der Waals surface area contributed by atoms with Gasteiger partial charge in [0.1, 0.15) is 0 Å². The highest BCUT2D eigenvalue weighted by molar-refractivity contribution is 5.88. The van der Waals surface area contributed by atoms with E-state index in [4.69, 9.17) is 5.21 Å². The van der Waals surface area contributed by atoms with Gasteiger partial charge in [-0.25, -0.2) is 0 Å². The van der Waals surface area contributed by atoms with Crippen LogP contribution in [0.1, 0.15) is 5.56 Å². The van der Waals surface area contributed by atoms with Gasteiger partial charge in [-0.15, -0.1) is 0 Å². The zero-order chi connectivity index (χ0) is 10.5. The quantitative estimate of drug-likeness (QED) is 0.451. The van der Waals surface area contributed by atoms with Gasteiger partial charge in [0.15, 0.2) is 0 Å². The number of nitrogens with zero attached hydrogens (tertiary/aromatic N) is 4. The van der Waals surface area contributed by atoms with Crippen molar-refractivity contribution in [1.29, 1.82) is 0 Å². The molecule has 0 spiro atoms. The SMILES string of the molecule is O/N=C/c1cnccc1-c1cccnn1. The molecule has 0 aliphatic carbocycles. The largest absolute Gasteiger partial charge is 0.411 e. The van der Waals surface area contributed by atoms with Gasteiger partial charge in [-0.2, -0.15) is 10.2 Å². The van der Waals surface area contributed by atoms with Gasteiger partial charge in [0, 0.05) is 29.7 Å². The standard InChI is InChI=1S/C10H8N4O/c15-13-7-8-6-11-5-3-9(8)10-2-1-4-12-14-10/h1-7,15H/b13-7+. The van der Waals surface area contributed by atoms with E-state index in [2.05, 4.69) is 20.3 Å². The summed E-state index contributed by atoms with van der Waals surface area (Å²) in [5.74, 6) is 0. The van der Waals surface area contributed by atoms with Crippen molar-refractivity contribution in [1.82, 2.24) is 15.2 Å². The third-order valence-electron chi connectivity index (χ3n) is 1.90. The summed E-state index contributed by atoms with van der Waals surface area (Å²) in [6.07, 6.45) is 6.17. The Morgan fingerprint density at radius 1 is 1.27 bits per heavy atom. The van der Waals surface area contributed by atoms with E-state index >= 15 is 0 Å². The molecule has 0 saturated carbocycles. The molecule has 0 unspecified atom stereocenters. The van der Waals surface area contributed by atoms with Crippen LogP contribution in [0.3, 0.4) is 0 Å². The maximum atomic E-state index is 8.50. The maximum absolute atomic E-state index is 8.50. The van der Waals surface area contributed by atoms with Crippen molar-refractivity contribution in [3.8, 4) is 11.3 Å². The first-order valence-electron chi connectivity index (χ1n) is 4.31. The number of aromatic nitrogens is 3. The molecular formula is C10H8N4O. The Morgan fingerprint density at radius 2 is 2.20 bits per heavy atom. The first-order chi connectivity index (χ1) is 7.42. The molecule has 0 aliphatic heterocycles. The van der Waals surface area contributed by atoms with E-state index in [1.54, 1.807) is 30.7 Å². The van der Waals surface area contributed by atoms with Crippen LogP contribution in [-0.4, -0.2) is 26.6 Å². The molecule has 0 bridgehead atoms. The van der Waals surface area contributed by atoms with Gasteiger partial charge >= 0.3 is 0 Å². The van der Waals surface area contributed by atoms with Gasteiger partial charge in [-0.05, 0) is 18.2 Å². The Kier molecular flexibility index (Phi) is 2.64. The molecule has 0 atom stereocenters. The molecule has 5 heteroatoms. The van der Waals surface area contributed by atoms with Crippen molar-refractivity contribution in [3.63, 3.8) is 0 Å². The molecule has 1 N–H and O–H groups in total. The van der Waals surface area contributed by atoms with Gasteiger partial charge in [0.2, 0.25) is 0 Å². The van der Waals surface area contributed by atoms with Crippen LogP contribution in [0.5, 0.6) is 0 Å². The van der Waals surface area contributed by atoms with Crippen molar-refractivity contribution in [2.24, 2.45) is 5.16 Å². The average Bonchev–Trinajstić information content (AvgIpc) is 2.31. The molecule has 74 valence electrons. The summed E-state index contributed by atoms with van der Waals surface area (Å²) in [6, 6.07) is 5.42. The third-order valence-corrected chi connectivity index (χ3v) is 1.90. The van der Waals surface area contributed by atoms with Crippen LogP contribution >= 0.6 is 0 Å². The van der Waals surface area contributed by atoms with Gasteiger partial charge in [0.05, 0.1) is 11.9 Å². The number of hydrogen-bond acceptors (Lipinski definition) is 5. The van der Waals surface area contributed by atoms with Crippen LogP contribution in [0.15, 0.2) is 41.9 Å². The van der Waals surface area contributed by atoms with Crippen LogP contribution in [0.25, 0.3) is 11.3 Å². The molecular weight excluding hydrogens is 192 g/mol. The normalized spacial score (nSPS) is 10.7. The fraction of sp³-hybridized carbons (Fsp3) is 0. The lowest BCUT2D eigenvalue weighted by Gasteiger charge is -2.01. The summed E-state index contributed by atoms with van der Waals surface area (Å²) in [7, 11) is 0. The Bertz CT molecular complexity index is 470. The van der Waals surface area contributed by atoms with Crippen molar-refractivity contribution in [3.05, 3.63) is 42.4 Å². The van der Waals surface area contributed by atoms with Gasteiger partial charge < -0.3 is 5.21 Å². The molecule has 2 aromatic heterocycles. The molecule has 0 saturated heterocycles. The van der Waals surface area contributed by atoms with Gasteiger partial charge in [-0.1, -0.05) is 5.16 Å². The Hall–Kier alpha value is -2.30. The lowest BCUT2D eigenvalue weighted by atomic mass is 10.1. The summed E-state index contributed by atoms with van der Waals surface area (Å²) in [6.45, 7) is 0. The van der Waals surface area contributed by atoms with Crippen molar-refractivity contribution in [2.75, 3.05) is 0 Å². The summed E-state index contributed by atoms with van der Waals surface area (Å²) >= 11 is 0. The highest BCUT2D eigenvalue weighted by Crippen LogP contribution is 2.18. The van der Waals surface area contributed by atoms with E-state index < -0.39 is 0 Å². The molecule has 15 heavy (non-hydrogen) atoms. The molecule has 0 aliphatic rings. The Labute approximate surface area is 86.1 Å². The first-order valence-corrected chi connectivity index (χ1v) is 4.31. The first kappa shape index (κ1) is 9.26.